The molecule has 0 amide bonds. The molecule has 0 saturated heterocycles. The van der Waals surface area contributed by atoms with Crippen LogP contribution in [0.2, 0.25) is 0 Å². The Morgan fingerprint density at radius 1 is 0.682 bits per heavy atom. The summed E-state index contributed by atoms with van der Waals surface area (Å²) in [5.41, 5.74) is -0.671. The third kappa shape index (κ3) is 2.58. The van der Waals surface area contributed by atoms with Crippen molar-refractivity contribution in [2.24, 2.45) is 0 Å². The van der Waals surface area contributed by atoms with Crippen molar-refractivity contribution in [3.63, 3.8) is 0 Å². The molecule has 22 heavy (non-hydrogen) atoms. The highest BCUT2D eigenvalue weighted by Gasteiger charge is 2.21. The SMILES string of the molecule is O=c1c(Nc2cccc(F)c2)c(Nc2cccc(F)c2)c1=O. The summed E-state index contributed by atoms with van der Waals surface area (Å²) in [4.78, 5) is 23.3. The van der Waals surface area contributed by atoms with Gasteiger partial charge in [-0.2, -0.15) is 0 Å². The number of halogens is 2. The molecule has 0 aromatic heterocycles. The zero-order chi connectivity index (χ0) is 15.7. The highest BCUT2D eigenvalue weighted by Crippen LogP contribution is 2.24. The van der Waals surface area contributed by atoms with Crippen LogP contribution in [0.15, 0.2) is 58.1 Å². The molecule has 3 rings (SSSR count). The lowest BCUT2D eigenvalue weighted by Crippen LogP contribution is -2.35. The Balaban J connectivity index is 1.89. The van der Waals surface area contributed by atoms with Crippen LogP contribution in [0, 0.1) is 11.6 Å². The first-order valence-electron chi connectivity index (χ1n) is 6.43. The van der Waals surface area contributed by atoms with Crippen molar-refractivity contribution in [3.05, 3.63) is 80.6 Å². The summed E-state index contributed by atoms with van der Waals surface area (Å²) in [5, 5.41) is 5.39. The number of rotatable bonds is 4. The molecule has 0 spiro atoms. The Kier molecular flexibility index (Phi) is 3.42. The van der Waals surface area contributed by atoms with Crippen LogP contribution in [0.4, 0.5) is 31.5 Å². The quantitative estimate of drug-likeness (QED) is 0.727. The molecule has 0 heterocycles. The van der Waals surface area contributed by atoms with Gasteiger partial charge in [-0.1, -0.05) is 12.1 Å². The van der Waals surface area contributed by atoms with E-state index in [0.717, 1.165) is 0 Å². The van der Waals surface area contributed by atoms with E-state index < -0.39 is 22.5 Å². The Morgan fingerprint density at radius 2 is 1.09 bits per heavy atom. The van der Waals surface area contributed by atoms with Gasteiger partial charge in [-0.05, 0) is 36.4 Å². The predicted octanol–water partition coefficient (Wildman–Crippen LogP) is 3.05. The van der Waals surface area contributed by atoms with E-state index >= 15 is 0 Å². The largest absolute Gasteiger partial charge is 0.350 e. The molecule has 0 fully saturated rings. The van der Waals surface area contributed by atoms with E-state index in [2.05, 4.69) is 10.6 Å². The van der Waals surface area contributed by atoms with Crippen molar-refractivity contribution in [1.29, 1.82) is 0 Å². The lowest BCUT2D eigenvalue weighted by atomic mass is 10.1. The Hall–Kier alpha value is -3.02. The molecule has 6 heteroatoms. The third-order valence-electron chi connectivity index (χ3n) is 3.10. The molecule has 4 nitrogen and oxygen atoms in total. The van der Waals surface area contributed by atoms with Crippen LogP contribution in [-0.2, 0) is 0 Å². The zero-order valence-corrected chi connectivity index (χ0v) is 11.2. The fourth-order valence-electron chi connectivity index (χ4n) is 2.05. The Morgan fingerprint density at radius 3 is 1.45 bits per heavy atom. The van der Waals surface area contributed by atoms with Crippen LogP contribution in [-0.4, -0.2) is 0 Å². The number of hydrogen-bond acceptors (Lipinski definition) is 4. The molecule has 0 aliphatic rings. The van der Waals surface area contributed by atoms with Crippen molar-refractivity contribution >= 4 is 22.7 Å². The van der Waals surface area contributed by atoms with Crippen molar-refractivity contribution < 1.29 is 8.78 Å². The van der Waals surface area contributed by atoms with E-state index in [1.165, 1.54) is 36.4 Å². The fourth-order valence-corrected chi connectivity index (χ4v) is 2.05. The molecule has 2 N–H and O–H groups in total. The van der Waals surface area contributed by atoms with Crippen LogP contribution in [0.5, 0.6) is 0 Å². The van der Waals surface area contributed by atoms with Crippen molar-refractivity contribution in [3.8, 4) is 0 Å². The third-order valence-corrected chi connectivity index (χ3v) is 3.10. The Labute approximate surface area is 123 Å². The second-order valence-corrected chi connectivity index (χ2v) is 4.68. The normalized spacial score (nSPS) is 10.6. The summed E-state index contributed by atoms with van der Waals surface area (Å²) in [6.45, 7) is 0. The van der Waals surface area contributed by atoms with Crippen LogP contribution in [0.3, 0.4) is 0 Å². The number of hydrogen-bond donors (Lipinski definition) is 2. The maximum absolute atomic E-state index is 13.1. The Bertz CT molecular complexity index is 839. The fraction of sp³-hybridized carbons (Fsp3) is 0. The molecular formula is C16H10F2N2O2. The topological polar surface area (TPSA) is 58.2 Å². The van der Waals surface area contributed by atoms with Gasteiger partial charge < -0.3 is 10.6 Å². The van der Waals surface area contributed by atoms with E-state index in [0.29, 0.717) is 11.4 Å². The number of nitrogens with one attached hydrogen (secondary N) is 2. The summed E-state index contributed by atoms with van der Waals surface area (Å²) in [6, 6.07) is 11.0. The first-order chi connectivity index (χ1) is 10.5. The van der Waals surface area contributed by atoms with Gasteiger partial charge in [0.05, 0.1) is 0 Å². The molecule has 0 radical (unpaired) electrons. The molecule has 0 saturated carbocycles. The maximum Gasteiger partial charge on any atom is 0.253 e. The lowest BCUT2D eigenvalue weighted by Gasteiger charge is -2.15. The maximum atomic E-state index is 13.1. The number of anilines is 4. The van der Waals surface area contributed by atoms with E-state index in [9.17, 15) is 18.4 Å². The van der Waals surface area contributed by atoms with Gasteiger partial charge >= 0.3 is 0 Å². The second-order valence-electron chi connectivity index (χ2n) is 4.68. The van der Waals surface area contributed by atoms with Crippen molar-refractivity contribution in [2.45, 2.75) is 0 Å². The van der Waals surface area contributed by atoms with Gasteiger partial charge in [-0.3, -0.25) is 9.59 Å². The van der Waals surface area contributed by atoms with E-state index in [1.54, 1.807) is 12.1 Å². The first kappa shape index (κ1) is 13.9. The van der Waals surface area contributed by atoms with Crippen molar-refractivity contribution in [1.82, 2.24) is 0 Å². The van der Waals surface area contributed by atoms with Gasteiger partial charge in [0.15, 0.2) is 0 Å². The molecule has 3 aromatic rings. The zero-order valence-electron chi connectivity index (χ0n) is 11.2. The molecule has 0 aliphatic heterocycles. The molecule has 0 unspecified atom stereocenters. The highest BCUT2D eigenvalue weighted by molar-refractivity contribution is 5.82. The molecule has 0 atom stereocenters. The molecule has 0 bridgehead atoms. The molecule has 110 valence electrons. The monoisotopic (exact) mass is 300 g/mol. The summed E-state index contributed by atoms with van der Waals surface area (Å²) >= 11 is 0. The average Bonchev–Trinajstić information content (AvgIpc) is 2.50. The van der Waals surface area contributed by atoms with Gasteiger partial charge in [0.1, 0.15) is 23.0 Å². The smallest absolute Gasteiger partial charge is 0.253 e. The van der Waals surface area contributed by atoms with Crippen LogP contribution in [0.25, 0.3) is 0 Å². The second kappa shape index (κ2) is 5.40. The van der Waals surface area contributed by atoms with Crippen LogP contribution in [0.1, 0.15) is 0 Å². The summed E-state index contributed by atoms with van der Waals surface area (Å²) in [6.07, 6.45) is 0. The number of benzene rings is 2. The molecule has 3 aromatic carbocycles. The van der Waals surface area contributed by atoms with E-state index in [-0.39, 0.29) is 11.4 Å². The average molecular weight is 300 g/mol. The van der Waals surface area contributed by atoms with E-state index in [4.69, 9.17) is 0 Å². The van der Waals surface area contributed by atoms with Gasteiger partial charge in [0.25, 0.3) is 10.9 Å². The highest BCUT2D eigenvalue weighted by atomic mass is 19.1. The minimum atomic E-state index is -0.705. The van der Waals surface area contributed by atoms with Crippen LogP contribution < -0.4 is 21.5 Å². The minimum Gasteiger partial charge on any atom is -0.350 e. The van der Waals surface area contributed by atoms with Gasteiger partial charge in [-0.15, -0.1) is 0 Å². The van der Waals surface area contributed by atoms with E-state index in [1.807, 2.05) is 0 Å². The molecular weight excluding hydrogens is 290 g/mol. The first-order valence-corrected chi connectivity index (χ1v) is 6.43. The van der Waals surface area contributed by atoms with Crippen LogP contribution >= 0.6 is 0 Å². The predicted molar refractivity (Wildman–Crippen MR) is 80.7 cm³/mol. The lowest BCUT2D eigenvalue weighted by molar-refractivity contribution is 0.628. The minimum absolute atomic E-state index is 0.0276. The van der Waals surface area contributed by atoms with Crippen molar-refractivity contribution in [2.75, 3.05) is 10.6 Å². The van der Waals surface area contributed by atoms with Gasteiger partial charge in [-0.25, -0.2) is 8.78 Å². The van der Waals surface area contributed by atoms with Gasteiger partial charge in [0.2, 0.25) is 0 Å². The molecule has 0 aliphatic carbocycles. The van der Waals surface area contributed by atoms with Gasteiger partial charge in [0, 0.05) is 11.4 Å². The summed E-state index contributed by atoms with van der Waals surface area (Å²) in [5.74, 6) is -0.938. The summed E-state index contributed by atoms with van der Waals surface area (Å²) < 4.78 is 26.3. The summed E-state index contributed by atoms with van der Waals surface area (Å²) in [7, 11) is 0. The standard InChI is InChI=1S/C16H10F2N2O2/c17-9-3-1-5-11(7-9)19-13-14(16(22)15(13)21)20-12-6-2-4-10(18)8-12/h1-8,19-20H.